The number of nitrogens with one attached hydrogen (secondary N) is 1. The summed E-state index contributed by atoms with van der Waals surface area (Å²) in [5.41, 5.74) is 4.02. The van der Waals surface area contributed by atoms with E-state index in [4.69, 9.17) is 4.74 Å². The van der Waals surface area contributed by atoms with Gasteiger partial charge in [-0.05, 0) is 63.8 Å². The Balaban J connectivity index is 2.94. The molecule has 2 heteroatoms. The van der Waals surface area contributed by atoms with Crippen LogP contribution in [0, 0.1) is 13.8 Å². The third-order valence-electron chi connectivity index (χ3n) is 4.06. The predicted octanol–water partition coefficient (Wildman–Crippen LogP) is 3.64. The Morgan fingerprint density at radius 3 is 2.26 bits per heavy atom. The molecule has 1 N–H and O–H groups in total. The van der Waals surface area contributed by atoms with E-state index in [-0.39, 0.29) is 5.60 Å². The van der Waals surface area contributed by atoms with Crippen LogP contribution in [0.25, 0.3) is 0 Å². The fourth-order valence-corrected chi connectivity index (χ4v) is 2.40. The van der Waals surface area contributed by atoms with E-state index in [9.17, 15) is 0 Å². The van der Waals surface area contributed by atoms with Crippen LogP contribution < -0.4 is 5.32 Å². The first-order valence-electron chi connectivity index (χ1n) is 7.26. The highest BCUT2D eigenvalue weighted by atomic mass is 16.5. The Morgan fingerprint density at radius 1 is 1.21 bits per heavy atom. The van der Waals surface area contributed by atoms with Crippen LogP contribution >= 0.6 is 0 Å². The predicted molar refractivity (Wildman–Crippen MR) is 82.8 cm³/mol. The van der Waals surface area contributed by atoms with Gasteiger partial charge in [0.05, 0.1) is 5.60 Å². The van der Waals surface area contributed by atoms with E-state index < -0.39 is 0 Å². The molecule has 1 rings (SSSR count). The lowest BCUT2D eigenvalue weighted by Crippen LogP contribution is -2.49. The molecular formula is C17H29NO. The van der Waals surface area contributed by atoms with Gasteiger partial charge in [0, 0.05) is 13.2 Å². The van der Waals surface area contributed by atoms with Gasteiger partial charge in [-0.25, -0.2) is 0 Å². The van der Waals surface area contributed by atoms with Gasteiger partial charge in [0.25, 0.3) is 0 Å². The lowest BCUT2D eigenvalue weighted by atomic mass is 9.88. The summed E-state index contributed by atoms with van der Waals surface area (Å²) in [4.78, 5) is 0. The van der Waals surface area contributed by atoms with Crippen molar-refractivity contribution in [3.8, 4) is 0 Å². The fourth-order valence-electron chi connectivity index (χ4n) is 2.40. The SMILES string of the molecule is CCCNC(Cc1c(C)cccc1C)C(C)(C)OC. The lowest BCUT2D eigenvalue weighted by Gasteiger charge is -2.34. The van der Waals surface area contributed by atoms with Crippen LogP contribution in [0.3, 0.4) is 0 Å². The second kappa shape index (κ2) is 7.06. The average Bonchev–Trinajstić information content (AvgIpc) is 2.37. The normalized spacial score (nSPS) is 13.6. The van der Waals surface area contributed by atoms with Crippen molar-refractivity contribution in [1.29, 1.82) is 0 Å². The minimum Gasteiger partial charge on any atom is -0.377 e. The molecule has 108 valence electrons. The molecule has 0 aliphatic rings. The van der Waals surface area contributed by atoms with Gasteiger partial charge in [-0.15, -0.1) is 0 Å². The van der Waals surface area contributed by atoms with Crippen LogP contribution in [0.4, 0.5) is 0 Å². The number of aryl methyl sites for hydroxylation is 2. The quantitative estimate of drug-likeness (QED) is 0.811. The molecule has 0 aliphatic carbocycles. The van der Waals surface area contributed by atoms with Crippen molar-refractivity contribution in [2.75, 3.05) is 13.7 Å². The molecule has 0 amide bonds. The van der Waals surface area contributed by atoms with E-state index in [0.717, 1.165) is 19.4 Å². The van der Waals surface area contributed by atoms with E-state index in [1.165, 1.54) is 16.7 Å². The van der Waals surface area contributed by atoms with Crippen LogP contribution in [-0.2, 0) is 11.2 Å². The first-order valence-corrected chi connectivity index (χ1v) is 7.26. The molecule has 0 spiro atoms. The maximum absolute atomic E-state index is 5.69. The number of hydrogen-bond donors (Lipinski definition) is 1. The summed E-state index contributed by atoms with van der Waals surface area (Å²) < 4.78 is 5.69. The van der Waals surface area contributed by atoms with E-state index in [1.54, 1.807) is 7.11 Å². The Kier molecular flexibility index (Phi) is 6.02. The van der Waals surface area contributed by atoms with Gasteiger partial charge in [0.2, 0.25) is 0 Å². The molecule has 0 aliphatic heterocycles. The highest BCUT2D eigenvalue weighted by Gasteiger charge is 2.29. The second-order valence-corrected chi connectivity index (χ2v) is 5.89. The van der Waals surface area contributed by atoms with Gasteiger partial charge < -0.3 is 10.1 Å². The van der Waals surface area contributed by atoms with Crippen molar-refractivity contribution in [2.24, 2.45) is 0 Å². The highest BCUT2D eigenvalue weighted by molar-refractivity contribution is 5.34. The van der Waals surface area contributed by atoms with Gasteiger partial charge in [-0.2, -0.15) is 0 Å². The largest absolute Gasteiger partial charge is 0.377 e. The number of rotatable bonds is 7. The van der Waals surface area contributed by atoms with Gasteiger partial charge in [-0.3, -0.25) is 0 Å². The lowest BCUT2D eigenvalue weighted by molar-refractivity contribution is -0.0100. The maximum Gasteiger partial charge on any atom is 0.0778 e. The summed E-state index contributed by atoms with van der Waals surface area (Å²) in [5, 5.41) is 3.64. The summed E-state index contributed by atoms with van der Waals surface area (Å²) in [6, 6.07) is 6.85. The second-order valence-electron chi connectivity index (χ2n) is 5.89. The molecule has 0 aromatic heterocycles. The van der Waals surface area contributed by atoms with Crippen LogP contribution in [0.15, 0.2) is 18.2 Å². The van der Waals surface area contributed by atoms with Crippen molar-refractivity contribution in [2.45, 2.75) is 59.1 Å². The van der Waals surface area contributed by atoms with Crippen molar-refractivity contribution >= 4 is 0 Å². The Bertz CT molecular complexity index is 378. The fraction of sp³-hybridized carbons (Fsp3) is 0.647. The van der Waals surface area contributed by atoms with Gasteiger partial charge in [0.15, 0.2) is 0 Å². The third kappa shape index (κ3) is 4.32. The Hall–Kier alpha value is -0.860. The van der Waals surface area contributed by atoms with E-state index in [1.807, 2.05) is 0 Å². The molecule has 1 atom stereocenters. The maximum atomic E-state index is 5.69. The minimum absolute atomic E-state index is 0.163. The Labute approximate surface area is 118 Å². The van der Waals surface area contributed by atoms with Gasteiger partial charge >= 0.3 is 0 Å². The zero-order valence-electron chi connectivity index (χ0n) is 13.3. The number of benzene rings is 1. The van der Waals surface area contributed by atoms with Crippen LogP contribution in [0.5, 0.6) is 0 Å². The molecule has 2 nitrogen and oxygen atoms in total. The number of hydrogen-bond acceptors (Lipinski definition) is 2. The molecule has 0 saturated carbocycles. The molecule has 0 fully saturated rings. The zero-order valence-corrected chi connectivity index (χ0v) is 13.3. The van der Waals surface area contributed by atoms with Crippen LogP contribution in [0.2, 0.25) is 0 Å². The smallest absolute Gasteiger partial charge is 0.0778 e. The number of methoxy groups -OCH3 is 1. The summed E-state index contributed by atoms with van der Waals surface area (Å²) >= 11 is 0. The summed E-state index contributed by atoms with van der Waals surface area (Å²) in [5.74, 6) is 0. The van der Waals surface area contributed by atoms with E-state index in [0.29, 0.717) is 6.04 Å². The van der Waals surface area contributed by atoms with Crippen molar-refractivity contribution < 1.29 is 4.74 Å². The highest BCUT2D eigenvalue weighted by Crippen LogP contribution is 2.22. The Morgan fingerprint density at radius 2 is 1.79 bits per heavy atom. The standard InChI is InChI=1S/C17H29NO/c1-7-11-18-16(17(4,5)19-6)12-15-13(2)9-8-10-14(15)3/h8-10,16,18H,7,11-12H2,1-6H3. The molecule has 0 saturated heterocycles. The van der Waals surface area contributed by atoms with Crippen molar-refractivity contribution in [3.63, 3.8) is 0 Å². The molecule has 0 radical (unpaired) electrons. The van der Waals surface area contributed by atoms with E-state index >= 15 is 0 Å². The summed E-state index contributed by atoms with van der Waals surface area (Å²) in [6.45, 7) is 11.9. The molecule has 19 heavy (non-hydrogen) atoms. The monoisotopic (exact) mass is 263 g/mol. The van der Waals surface area contributed by atoms with Crippen LogP contribution in [-0.4, -0.2) is 25.3 Å². The molecule has 1 unspecified atom stereocenters. The van der Waals surface area contributed by atoms with Gasteiger partial charge in [0.1, 0.15) is 0 Å². The molecular weight excluding hydrogens is 234 g/mol. The minimum atomic E-state index is -0.163. The zero-order chi connectivity index (χ0) is 14.5. The number of ether oxygens (including phenoxy) is 1. The first-order chi connectivity index (χ1) is 8.92. The average molecular weight is 263 g/mol. The van der Waals surface area contributed by atoms with Crippen molar-refractivity contribution in [3.05, 3.63) is 34.9 Å². The summed E-state index contributed by atoms with van der Waals surface area (Å²) in [7, 11) is 1.80. The molecule has 0 bridgehead atoms. The van der Waals surface area contributed by atoms with Crippen LogP contribution in [0.1, 0.15) is 43.9 Å². The first kappa shape index (κ1) is 16.2. The van der Waals surface area contributed by atoms with Gasteiger partial charge in [-0.1, -0.05) is 25.1 Å². The summed E-state index contributed by atoms with van der Waals surface area (Å²) in [6.07, 6.45) is 2.16. The topological polar surface area (TPSA) is 21.3 Å². The molecule has 1 aromatic carbocycles. The van der Waals surface area contributed by atoms with Crippen molar-refractivity contribution in [1.82, 2.24) is 5.32 Å². The third-order valence-corrected chi connectivity index (χ3v) is 4.06. The molecule has 0 heterocycles. The molecule has 1 aromatic rings. The van der Waals surface area contributed by atoms with E-state index in [2.05, 4.69) is 58.1 Å².